The quantitative estimate of drug-likeness (QED) is 0.674. The van der Waals surface area contributed by atoms with E-state index in [4.69, 9.17) is 4.74 Å². The third kappa shape index (κ3) is 4.23. The van der Waals surface area contributed by atoms with Gasteiger partial charge in [-0.2, -0.15) is 0 Å². The molecule has 5 nitrogen and oxygen atoms in total. The summed E-state index contributed by atoms with van der Waals surface area (Å²) in [5.41, 5.74) is -0.849. The van der Waals surface area contributed by atoms with E-state index in [9.17, 15) is 9.90 Å². The van der Waals surface area contributed by atoms with Crippen LogP contribution in [0.3, 0.4) is 0 Å². The molecule has 0 radical (unpaired) electrons. The number of likely N-dealkylation sites (tertiary alicyclic amines) is 1. The number of hydrogen-bond donors (Lipinski definition) is 2. The van der Waals surface area contributed by atoms with E-state index in [2.05, 4.69) is 10.2 Å². The number of methoxy groups -OCH3 is 1. The fourth-order valence-electron chi connectivity index (χ4n) is 2.48. The van der Waals surface area contributed by atoms with E-state index < -0.39 is 11.5 Å². The van der Waals surface area contributed by atoms with Crippen molar-refractivity contribution in [2.24, 2.45) is 5.92 Å². The number of carbonyl (C=O) groups is 1. The molecular weight excluding hydrogens is 232 g/mol. The topological polar surface area (TPSA) is 61.8 Å². The zero-order chi connectivity index (χ0) is 13.6. The van der Waals surface area contributed by atoms with Crippen LogP contribution in [0.15, 0.2) is 0 Å². The van der Waals surface area contributed by atoms with E-state index in [0.29, 0.717) is 12.5 Å². The van der Waals surface area contributed by atoms with Gasteiger partial charge in [0.2, 0.25) is 0 Å². The average Bonchev–Trinajstić information content (AvgIpc) is 2.74. The molecule has 0 aliphatic carbocycles. The molecule has 0 amide bonds. The van der Waals surface area contributed by atoms with Gasteiger partial charge in [0.15, 0.2) is 0 Å². The minimum Gasteiger partial charge on any atom is -0.480 e. The molecule has 18 heavy (non-hydrogen) atoms. The number of nitrogens with one attached hydrogen (secondary N) is 1. The Hall–Kier alpha value is -0.650. The van der Waals surface area contributed by atoms with Gasteiger partial charge >= 0.3 is 5.97 Å². The minimum absolute atomic E-state index is 0.541. The second-order valence-electron chi connectivity index (χ2n) is 5.41. The van der Waals surface area contributed by atoms with Crippen LogP contribution >= 0.6 is 0 Å². The maximum absolute atomic E-state index is 11.4. The first-order valence-corrected chi connectivity index (χ1v) is 6.71. The normalized spacial score (nSPS) is 24.1. The summed E-state index contributed by atoms with van der Waals surface area (Å²) in [5, 5.41) is 12.5. The van der Waals surface area contributed by atoms with Crippen LogP contribution in [0.5, 0.6) is 0 Å². The Labute approximate surface area is 109 Å². The molecule has 1 aliphatic rings. The van der Waals surface area contributed by atoms with Crippen LogP contribution < -0.4 is 5.32 Å². The molecule has 1 aliphatic heterocycles. The summed E-state index contributed by atoms with van der Waals surface area (Å²) in [6.45, 7) is 7.77. The molecule has 1 fully saturated rings. The van der Waals surface area contributed by atoms with E-state index in [-0.39, 0.29) is 0 Å². The third-order valence-electron chi connectivity index (χ3n) is 3.55. The SMILES string of the molecule is CCCNC(C)(CN1CCC(COC)C1)C(=O)O. The lowest BCUT2D eigenvalue weighted by molar-refractivity contribution is -0.145. The zero-order valence-corrected chi connectivity index (χ0v) is 11.7. The molecule has 1 saturated heterocycles. The third-order valence-corrected chi connectivity index (χ3v) is 3.55. The van der Waals surface area contributed by atoms with E-state index in [1.54, 1.807) is 14.0 Å². The molecule has 2 atom stereocenters. The van der Waals surface area contributed by atoms with Gasteiger partial charge in [0.05, 0.1) is 6.61 Å². The summed E-state index contributed by atoms with van der Waals surface area (Å²) in [7, 11) is 1.72. The first-order valence-electron chi connectivity index (χ1n) is 6.71. The molecule has 0 spiro atoms. The Bertz CT molecular complexity index is 273. The van der Waals surface area contributed by atoms with Crippen LogP contribution in [0.1, 0.15) is 26.7 Å². The highest BCUT2D eigenvalue weighted by Gasteiger charge is 2.36. The van der Waals surface area contributed by atoms with Crippen molar-refractivity contribution in [2.45, 2.75) is 32.2 Å². The number of carboxylic acids is 1. The molecule has 1 rings (SSSR count). The van der Waals surface area contributed by atoms with Crippen molar-refractivity contribution in [1.29, 1.82) is 0 Å². The first kappa shape index (κ1) is 15.4. The smallest absolute Gasteiger partial charge is 0.324 e. The van der Waals surface area contributed by atoms with Gasteiger partial charge in [-0.15, -0.1) is 0 Å². The van der Waals surface area contributed by atoms with Crippen molar-refractivity contribution in [1.82, 2.24) is 10.2 Å². The largest absolute Gasteiger partial charge is 0.480 e. The van der Waals surface area contributed by atoms with Crippen molar-refractivity contribution >= 4 is 5.97 Å². The van der Waals surface area contributed by atoms with Gasteiger partial charge < -0.3 is 20.1 Å². The standard InChI is InChI=1S/C13H26N2O3/c1-4-6-14-13(2,12(16)17)10-15-7-5-11(8-15)9-18-3/h11,14H,4-10H2,1-3H3,(H,16,17). The number of aliphatic carboxylic acids is 1. The van der Waals surface area contributed by atoms with Gasteiger partial charge in [-0.3, -0.25) is 4.79 Å². The van der Waals surface area contributed by atoms with Gasteiger partial charge in [0, 0.05) is 20.2 Å². The van der Waals surface area contributed by atoms with E-state index in [1.165, 1.54) is 0 Å². The van der Waals surface area contributed by atoms with Crippen LogP contribution in [-0.4, -0.2) is 61.4 Å². The van der Waals surface area contributed by atoms with Crippen LogP contribution in [0.25, 0.3) is 0 Å². The molecule has 1 heterocycles. The van der Waals surface area contributed by atoms with Crippen molar-refractivity contribution < 1.29 is 14.6 Å². The van der Waals surface area contributed by atoms with Gasteiger partial charge in [-0.1, -0.05) is 6.92 Å². The molecule has 0 aromatic rings. The number of carboxylic acid groups (broad SMARTS) is 1. The maximum Gasteiger partial charge on any atom is 0.324 e. The van der Waals surface area contributed by atoms with Crippen molar-refractivity contribution in [2.75, 3.05) is 39.9 Å². The molecule has 0 aromatic heterocycles. The van der Waals surface area contributed by atoms with Gasteiger partial charge in [0.1, 0.15) is 5.54 Å². The van der Waals surface area contributed by atoms with Gasteiger partial charge in [0.25, 0.3) is 0 Å². The second kappa shape index (κ2) is 7.07. The lowest BCUT2D eigenvalue weighted by Gasteiger charge is -2.31. The summed E-state index contributed by atoms with van der Waals surface area (Å²) >= 11 is 0. The van der Waals surface area contributed by atoms with Crippen LogP contribution in [-0.2, 0) is 9.53 Å². The van der Waals surface area contributed by atoms with E-state index in [1.807, 2.05) is 6.92 Å². The predicted molar refractivity (Wildman–Crippen MR) is 70.8 cm³/mol. The zero-order valence-electron chi connectivity index (χ0n) is 11.7. The molecule has 0 bridgehead atoms. The van der Waals surface area contributed by atoms with E-state index >= 15 is 0 Å². The highest BCUT2D eigenvalue weighted by Crippen LogP contribution is 2.19. The fourth-order valence-corrected chi connectivity index (χ4v) is 2.48. The molecule has 0 saturated carbocycles. The Balaban J connectivity index is 2.49. The summed E-state index contributed by atoms with van der Waals surface area (Å²) in [5.74, 6) is -0.231. The predicted octanol–water partition coefficient (Wildman–Crippen LogP) is 0.798. The van der Waals surface area contributed by atoms with Crippen LogP contribution in [0.2, 0.25) is 0 Å². The number of ether oxygens (including phenoxy) is 1. The van der Waals surface area contributed by atoms with E-state index in [0.717, 1.165) is 39.1 Å². The Morgan fingerprint density at radius 3 is 2.89 bits per heavy atom. The van der Waals surface area contributed by atoms with Crippen molar-refractivity contribution in [3.05, 3.63) is 0 Å². The van der Waals surface area contributed by atoms with Crippen molar-refractivity contribution in [3.8, 4) is 0 Å². The lowest BCUT2D eigenvalue weighted by Crippen LogP contribution is -2.56. The molecule has 2 N–H and O–H groups in total. The number of rotatable bonds is 8. The Morgan fingerprint density at radius 1 is 1.61 bits per heavy atom. The fraction of sp³-hybridized carbons (Fsp3) is 0.923. The second-order valence-corrected chi connectivity index (χ2v) is 5.41. The summed E-state index contributed by atoms with van der Waals surface area (Å²) in [6, 6.07) is 0. The average molecular weight is 258 g/mol. The minimum atomic E-state index is -0.849. The summed E-state index contributed by atoms with van der Waals surface area (Å²) in [6.07, 6.45) is 2.03. The number of nitrogens with zero attached hydrogens (tertiary/aromatic N) is 1. The highest BCUT2D eigenvalue weighted by atomic mass is 16.5. The molecule has 106 valence electrons. The molecular formula is C13H26N2O3. The first-order chi connectivity index (χ1) is 8.51. The summed E-state index contributed by atoms with van der Waals surface area (Å²) < 4.78 is 5.16. The lowest BCUT2D eigenvalue weighted by atomic mass is 10.0. The molecule has 0 aromatic carbocycles. The summed E-state index contributed by atoms with van der Waals surface area (Å²) in [4.78, 5) is 13.6. The number of hydrogen-bond acceptors (Lipinski definition) is 4. The highest BCUT2D eigenvalue weighted by molar-refractivity contribution is 5.78. The Kier molecular flexibility index (Phi) is 6.05. The monoisotopic (exact) mass is 258 g/mol. The molecule has 5 heteroatoms. The molecule has 2 unspecified atom stereocenters. The maximum atomic E-state index is 11.4. The van der Waals surface area contributed by atoms with Crippen molar-refractivity contribution in [3.63, 3.8) is 0 Å². The Morgan fingerprint density at radius 2 is 2.33 bits per heavy atom. The van der Waals surface area contributed by atoms with Gasteiger partial charge in [-0.05, 0) is 38.8 Å². The van der Waals surface area contributed by atoms with Crippen LogP contribution in [0, 0.1) is 5.92 Å². The van der Waals surface area contributed by atoms with Gasteiger partial charge in [-0.25, -0.2) is 0 Å². The van der Waals surface area contributed by atoms with Crippen LogP contribution in [0.4, 0.5) is 0 Å².